The van der Waals surface area contributed by atoms with Gasteiger partial charge in [0, 0.05) is 0 Å². The van der Waals surface area contributed by atoms with Crippen molar-refractivity contribution in [3.8, 4) is 17.6 Å². The van der Waals surface area contributed by atoms with E-state index in [0.717, 1.165) is 23.0 Å². The number of benzene rings is 2. The molecule has 0 amide bonds. The third kappa shape index (κ3) is 4.60. The monoisotopic (exact) mass is 389 g/mol. The Morgan fingerprint density at radius 3 is 2.62 bits per heavy atom. The summed E-state index contributed by atoms with van der Waals surface area (Å²) in [6.45, 7) is 10.7. The van der Waals surface area contributed by atoms with E-state index in [2.05, 4.69) is 42.9 Å². The van der Waals surface area contributed by atoms with Crippen molar-refractivity contribution in [2.45, 2.75) is 47.1 Å². The number of nitrogens with zero attached hydrogens (tertiary/aromatic N) is 2. The van der Waals surface area contributed by atoms with Crippen molar-refractivity contribution in [2.24, 2.45) is 0 Å². The average Bonchev–Trinajstić information content (AvgIpc) is 3.10. The molecule has 3 aromatic rings. The third-order valence-electron chi connectivity index (χ3n) is 4.95. The van der Waals surface area contributed by atoms with Crippen LogP contribution in [0.15, 0.2) is 30.3 Å². The van der Waals surface area contributed by atoms with E-state index >= 15 is 0 Å². The van der Waals surface area contributed by atoms with Crippen molar-refractivity contribution < 1.29 is 9.47 Å². The molecule has 29 heavy (non-hydrogen) atoms. The zero-order chi connectivity index (χ0) is 21.0. The Morgan fingerprint density at radius 1 is 1.17 bits per heavy atom. The number of hydrogen-bond acceptors (Lipinski definition) is 4. The van der Waals surface area contributed by atoms with Gasteiger partial charge >= 0.3 is 0 Å². The predicted octanol–water partition coefficient (Wildman–Crippen LogP) is 5.82. The summed E-state index contributed by atoms with van der Waals surface area (Å²) < 4.78 is 11.7. The van der Waals surface area contributed by atoms with Gasteiger partial charge in [-0.15, -0.1) is 0 Å². The molecule has 0 saturated carbocycles. The fourth-order valence-corrected chi connectivity index (χ4v) is 3.00. The number of allylic oxidation sites excluding steroid dienone is 1. The normalized spacial score (nSPS) is 12.6. The van der Waals surface area contributed by atoms with E-state index in [1.54, 1.807) is 0 Å². The number of imidazole rings is 1. The summed E-state index contributed by atoms with van der Waals surface area (Å²) >= 11 is 0. The van der Waals surface area contributed by atoms with Crippen LogP contribution in [-0.4, -0.2) is 22.7 Å². The van der Waals surface area contributed by atoms with Crippen molar-refractivity contribution in [1.82, 2.24) is 9.97 Å². The molecule has 0 aliphatic heterocycles. The van der Waals surface area contributed by atoms with Gasteiger partial charge in [0.2, 0.25) is 0 Å². The van der Waals surface area contributed by atoms with Crippen molar-refractivity contribution in [1.29, 1.82) is 5.26 Å². The zero-order valence-corrected chi connectivity index (χ0v) is 17.7. The summed E-state index contributed by atoms with van der Waals surface area (Å²) in [4.78, 5) is 7.87. The summed E-state index contributed by atoms with van der Waals surface area (Å²) in [5.74, 6) is 1.95. The average molecular weight is 389 g/mol. The number of aromatic nitrogens is 2. The molecule has 1 aromatic heterocycles. The van der Waals surface area contributed by atoms with Crippen LogP contribution in [0.25, 0.3) is 22.7 Å². The van der Waals surface area contributed by atoms with Crippen LogP contribution >= 0.6 is 0 Å². The van der Waals surface area contributed by atoms with Crippen molar-refractivity contribution in [3.63, 3.8) is 0 Å². The Hall–Kier alpha value is -3.26. The highest BCUT2D eigenvalue weighted by Gasteiger charge is 2.12. The topological polar surface area (TPSA) is 70.9 Å². The van der Waals surface area contributed by atoms with Crippen LogP contribution in [0.5, 0.6) is 11.5 Å². The fourth-order valence-electron chi connectivity index (χ4n) is 3.00. The van der Waals surface area contributed by atoms with E-state index in [1.165, 1.54) is 11.1 Å². The number of nitrogens with one attached hydrogen (secondary N) is 1. The highest BCUT2D eigenvalue weighted by molar-refractivity contribution is 5.90. The first-order valence-corrected chi connectivity index (χ1v) is 9.97. The second-order valence-electron chi connectivity index (χ2n) is 7.18. The maximum Gasteiger partial charge on any atom is 0.161 e. The standard InChI is InChI=1S/C24H27N3O2/c1-6-17(5)29-22-9-8-18(13-23(22)28-7-2)12-19(14-25)24-26-20-10-15(3)16(4)11-21(20)27-24/h8-13,17H,6-7H2,1-5H3,(H,26,27)/b19-12+/t17-/m0/s1. The maximum absolute atomic E-state index is 9.72. The van der Waals surface area contributed by atoms with Crippen LogP contribution < -0.4 is 9.47 Å². The molecule has 0 aliphatic carbocycles. The molecule has 0 spiro atoms. The first-order chi connectivity index (χ1) is 13.9. The molecule has 0 aliphatic rings. The Balaban J connectivity index is 1.98. The Labute approximate surface area is 172 Å². The van der Waals surface area contributed by atoms with E-state index in [1.807, 2.05) is 44.2 Å². The summed E-state index contributed by atoms with van der Waals surface area (Å²) in [6, 6.07) is 12.1. The molecule has 0 fully saturated rings. The lowest BCUT2D eigenvalue weighted by Gasteiger charge is -2.16. The van der Waals surface area contributed by atoms with Crippen molar-refractivity contribution in [2.75, 3.05) is 6.61 Å². The Kier molecular flexibility index (Phi) is 6.23. The number of H-pyrrole nitrogens is 1. The molecule has 3 rings (SSSR count). The van der Waals surface area contributed by atoms with Crippen LogP contribution in [0, 0.1) is 25.2 Å². The van der Waals surface area contributed by atoms with E-state index in [4.69, 9.17) is 9.47 Å². The van der Waals surface area contributed by atoms with Gasteiger partial charge in [-0.1, -0.05) is 13.0 Å². The number of aromatic amines is 1. The fraction of sp³-hybridized carbons (Fsp3) is 0.333. The number of rotatable bonds is 7. The maximum atomic E-state index is 9.72. The molecular weight excluding hydrogens is 362 g/mol. The summed E-state index contributed by atoms with van der Waals surface area (Å²) in [7, 11) is 0. The molecule has 150 valence electrons. The minimum Gasteiger partial charge on any atom is -0.490 e. The number of ether oxygens (including phenoxy) is 2. The number of fused-ring (bicyclic) bond motifs is 1. The molecule has 5 nitrogen and oxygen atoms in total. The number of aryl methyl sites for hydroxylation is 2. The Bertz CT molecular complexity index is 1050. The SMILES string of the molecule is CCOc1cc(/C=C(\C#N)c2nc3cc(C)c(C)cc3[nH]2)ccc1O[C@@H](C)CC. The largest absolute Gasteiger partial charge is 0.490 e. The number of hydrogen-bond donors (Lipinski definition) is 1. The van der Waals surface area contributed by atoms with E-state index < -0.39 is 0 Å². The van der Waals surface area contributed by atoms with Crippen LogP contribution in [0.3, 0.4) is 0 Å². The highest BCUT2D eigenvalue weighted by Crippen LogP contribution is 2.31. The van der Waals surface area contributed by atoms with Gasteiger partial charge in [0.05, 0.1) is 29.3 Å². The molecule has 0 radical (unpaired) electrons. The zero-order valence-electron chi connectivity index (χ0n) is 17.7. The number of nitriles is 1. The lowest BCUT2D eigenvalue weighted by Crippen LogP contribution is -2.10. The van der Waals surface area contributed by atoms with Crippen molar-refractivity contribution in [3.05, 3.63) is 52.8 Å². The summed E-state index contributed by atoms with van der Waals surface area (Å²) in [5, 5.41) is 9.72. The first-order valence-electron chi connectivity index (χ1n) is 9.97. The van der Waals surface area contributed by atoms with Gasteiger partial charge in [-0.3, -0.25) is 0 Å². The molecule has 1 atom stereocenters. The molecule has 1 N–H and O–H groups in total. The van der Waals surface area contributed by atoms with Gasteiger partial charge in [-0.2, -0.15) is 5.26 Å². The molecule has 0 saturated heterocycles. The van der Waals surface area contributed by atoms with Crippen LogP contribution in [0.4, 0.5) is 0 Å². The minimum atomic E-state index is 0.104. The van der Waals surface area contributed by atoms with Crippen LogP contribution in [0.1, 0.15) is 49.7 Å². The smallest absolute Gasteiger partial charge is 0.161 e. The van der Waals surface area contributed by atoms with Gasteiger partial charge < -0.3 is 14.5 Å². The molecule has 5 heteroatoms. The van der Waals surface area contributed by atoms with Gasteiger partial charge in [-0.05, 0) is 81.1 Å². The second kappa shape index (κ2) is 8.83. The molecule has 2 aromatic carbocycles. The summed E-state index contributed by atoms with van der Waals surface area (Å²) in [6.07, 6.45) is 2.83. The molecule has 1 heterocycles. The van der Waals surface area contributed by atoms with E-state index in [0.29, 0.717) is 29.5 Å². The van der Waals surface area contributed by atoms with E-state index in [-0.39, 0.29) is 6.10 Å². The highest BCUT2D eigenvalue weighted by atomic mass is 16.5. The van der Waals surface area contributed by atoms with E-state index in [9.17, 15) is 5.26 Å². The molecule has 0 unspecified atom stereocenters. The Morgan fingerprint density at radius 2 is 1.93 bits per heavy atom. The third-order valence-corrected chi connectivity index (χ3v) is 4.95. The minimum absolute atomic E-state index is 0.104. The van der Waals surface area contributed by atoms with Gasteiger partial charge in [-0.25, -0.2) is 4.98 Å². The van der Waals surface area contributed by atoms with Crippen molar-refractivity contribution >= 4 is 22.7 Å². The van der Waals surface area contributed by atoms with Crippen LogP contribution in [0.2, 0.25) is 0 Å². The second-order valence-corrected chi connectivity index (χ2v) is 7.18. The predicted molar refractivity (Wildman–Crippen MR) is 117 cm³/mol. The quantitative estimate of drug-likeness (QED) is 0.517. The first kappa shape index (κ1) is 20.5. The molecular formula is C24H27N3O2. The summed E-state index contributed by atoms with van der Waals surface area (Å²) in [5.41, 5.74) is 5.47. The van der Waals surface area contributed by atoms with Gasteiger partial charge in [0.25, 0.3) is 0 Å². The molecule has 0 bridgehead atoms. The van der Waals surface area contributed by atoms with Crippen LogP contribution in [-0.2, 0) is 0 Å². The van der Waals surface area contributed by atoms with Gasteiger partial charge in [0.1, 0.15) is 11.9 Å². The lowest BCUT2D eigenvalue weighted by molar-refractivity contribution is 0.203. The van der Waals surface area contributed by atoms with Gasteiger partial charge in [0.15, 0.2) is 11.5 Å². The lowest BCUT2D eigenvalue weighted by atomic mass is 10.1.